The largest absolute Gasteiger partial charge is 0.497 e. The van der Waals surface area contributed by atoms with Crippen LogP contribution in [0.5, 0.6) is 5.75 Å². The number of aromatic nitrogens is 1. The lowest BCUT2D eigenvalue weighted by Crippen LogP contribution is -2.21. The zero-order valence-corrected chi connectivity index (χ0v) is 13.8. The van der Waals surface area contributed by atoms with E-state index in [4.69, 9.17) is 14.5 Å². The summed E-state index contributed by atoms with van der Waals surface area (Å²) < 4.78 is 10.5. The highest BCUT2D eigenvalue weighted by Gasteiger charge is 2.13. The molecule has 1 aromatic carbocycles. The Kier molecular flexibility index (Phi) is 5.73. The molecule has 0 unspecified atom stereocenters. The predicted molar refractivity (Wildman–Crippen MR) is 86.8 cm³/mol. The van der Waals surface area contributed by atoms with E-state index < -0.39 is 0 Å². The number of nitrogens with one attached hydrogen (secondary N) is 1. The molecule has 0 amide bonds. The monoisotopic (exact) mass is 306 g/mol. The quantitative estimate of drug-likeness (QED) is 0.850. The van der Waals surface area contributed by atoms with Crippen LogP contribution in [0.15, 0.2) is 24.3 Å². The molecule has 4 nitrogen and oxygen atoms in total. The number of hydrogen-bond acceptors (Lipinski definition) is 5. The van der Waals surface area contributed by atoms with E-state index in [0.29, 0.717) is 12.6 Å². The van der Waals surface area contributed by atoms with Gasteiger partial charge in [0.15, 0.2) is 0 Å². The number of nitrogens with zero attached hydrogens (tertiary/aromatic N) is 1. The molecular formula is C16H22N2O2S. The fourth-order valence-corrected chi connectivity index (χ4v) is 2.96. The van der Waals surface area contributed by atoms with Crippen LogP contribution < -0.4 is 10.1 Å². The standard InChI is InChI=1S/C16H22N2O2S/c1-11(2)17-9-15-14(10-19-3)18-16(21-15)12-6-5-7-13(8-12)20-4/h5-8,11,17H,9-10H2,1-4H3. The van der Waals surface area contributed by atoms with Gasteiger partial charge < -0.3 is 14.8 Å². The number of methoxy groups -OCH3 is 2. The van der Waals surface area contributed by atoms with Crippen LogP contribution in [-0.2, 0) is 17.9 Å². The molecule has 114 valence electrons. The van der Waals surface area contributed by atoms with Gasteiger partial charge in [0, 0.05) is 30.1 Å². The zero-order valence-electron chi connectivity index (χ0n) is 13.0. The maximum atomic E-state index is 5.28. The first-order valence-corrected chi connectivity index (χ1v) is 7.81. The number of benzene rings is 1. The van der Waals surface area contributed by atoms with Gasteiger partial charge in [0.2, 0.25) is 0 Å². The molecule has 21 heavy (non-hydrogen) atoms. The molecule has 2 rings (SSSR count). The van der Waals surface area contributed by atoms with Crippen LogP contribution >= 0.6 is 11.3 Å². The van der Waals surface area contributed by atoms with Crippen molar-refractivity contribution in [2.75, 3.05) is 14.2 Å². The first kappa shape index (κ1) is 15.9. The van der Waals surface area contributed by atoms with Crippen LogP contribution in [0.25, 0.3) is 10.6 Å². The molecule has 5 heteroatoms. The molecule has 1 N–H and O–H groups in total. The molecule has 0 radical (unpaired) electrons. The van der Waals surface area contributed by atoms with E-state index in [-0.39, 0.29) is 0 Å². The number of thiazole rings is 1. The summed E-state index contributed by atoms with van der Waals surface area (Å²) in [5.74, 6) is 0.845. The van der Waals surface area contributed by atoms with E-state index in [9.17, 15) is 0 Å². The van der Waals surface area contributed by atoms with E-state index in [0.717, 1.165) is 28.6 Å². The zero-order chi connectivity index (χ0) is 15.2. The smallest absolute Gasteiger partial charge is 0.124 e. The van der Waals surface area contributed by atoms with Crippen molar-refractivity contribution < 1.29 is 9.47 Å². The Morgan fingerprint density at radius 2 is 2.10 bits per heavy atom. The van der Waals surface area contributed by atoms with Crippen LogP contribution in [0.2, 0.25) is 0 Å². The number of rotatable bonds is 7. The van der Waals surface area contributed by atoms with Gasteiger partial charge in [0.1, 0.15) is 10.8 Å². The predicted octanol–water partition coefficient (Wildman–Crippen LogP) is 3.46. The van der Waals surface area contributed by atoms with Crippen LogP contribution in [-0.4, -0.2) is 25.2 Å². The van der Waals surface area contributed by atoms with E-state index >= 15 is 0 Å². The fourth-order valence-electron chi connectivity index (χ4n) is 1.95. The van der Waals surface area contributed by atoms with Crippen molar-refractivity contribution in [3.63, 3.8) is 0 Å². The summed E-state index contributed by atoms with van der Waals surface area (Å²) in [4.78, 5) is 5.95. The van der Waals surface area contributed by atoms with Gasteiger partial charge in [-0.1, -0.05) is 26.0 Å². The summed E-state index contributed by atoms with van der Waals surface area (Å²) in [7, 11) is 3.37. The Balaban J connectivity index is 2.28. The van der Waals surface area contributed by atoms with Crippen molar-refractivity contribution >= 4 is 11.3 Å². The third kappa shape index (κ3) is 4.27. The van der Waals surface area contributed by atoms with E-state index in [1.165, 1.54) is 4.88 Å². The summed E-state index contributed by atoms with van der Waals surface area (Å²) >= 11 is 1.70. The molecule has 0 atom stereocenters. The third-order valence-electron chi connectivity index (χ3n) is 3.05. The highest BCUT2D eigenvalue weighted by molar-refractivity contribution is 7.15. The van der Waals surface area contributed by atoms with Crippen molar-refractivity contribution in [2.45, 2.75) is 33.0 Å². The summed E-state index contributed by atoms with van der Waals surface area (Å²) in [5, 5.41) is 4.44. The molecule has 0 bridgehead atoms. The SMILES string of the molecule is COCc1nc(-c2cccc(OC)c2)sc1CNC(C)C. The van der Waals surface area contributed by atoms with Crippen LogP contribution in [0.3, 0.4) is 0 Å². The number of ether oxygens (including phenoxy) is 2. The van der Waals surface area contributed by atoms with Gasteiger partial charge in [0.25, 0.3) is 0 Å². The molecule has 0 spiro atoms. The molecule has 0 aliphatic carbocycles. The van der Waals surface area contributed by atoms with Crippen molar-refractivity contribution in [2.24, 2.45) is 0 Å². The lowest BCUT2D eigenvalue weighted by atomic mass is 10.2. The summed E-state index contributed by atoms with van der Waals surface area (Å²) in [6, 6.07) is 8.43. The average Bonchev–Trinajstić information content (AvgIpc) is 2.89. The maximum absolute atomic E-state index is 5.28. The molecule has 0 aliphatic rings. The van der Waals surface area contributed by atoms with Crippen LogP contribution in [0.1, 0.15) is 24.4 Å². The highest BCUT2D eigenvalue weighted by atomic mass is 32.1. The van der Waals surface area contributed by atoms with Gasteiger partial charge in [-0.05, 0) is 12.1 Å². The highest BCUT2D eigenvalue weighted by Crippen LogP contribution is 2.30. The maximum Gasteiger partial charge on any atom is 0.124 e. The lowest BCUT2D eigenvalue weighted by molar-refractivity contribution is 0.181. The second kappa shape index (κ2) is 7.54. The Labute approximate surface area is 130 Å². The van der Waals surface area contributed by atoms with Gasteiger partial charge in [0.05, 0.1) is 19.4 Å². The first-order valence-electron chi connectivity index (χ1n) is 6.99. The minimum absolute atomic E-state index is 0.447. The van der Waals surface area contributed by atoms with Crippen LogP contribution in [0, 0.1) is 0 Å². The molecule has 0 aliphatic heterocycles. The second-order valence-corrected chi connectivity index (χ2v) is 6.17. The van der Waals surface area contributed by atoms with Crippen molar-refractivity contribution in [3.8, 4) is 16.3 Å². The molecule has 0 saturated carbocycles. The molecule has 1 heterocycles. The molecule has 1 aromatic heterocycles. The van der Waals surface area contributed by atoms with E-state index in [1.54, 1.807) is 25.6 Å². The minimum Gasteiger partial charge on any atom is -0.497 e. The Morgan fingerprint density at radius 1 is 1.29 bits per heavy atom. The first-order chi connectivity index (χ1) is 10.1. The van der Waals surface area contributed by atoms with Gasteiger partial charge in [-0.15, -0.1) is 11.3 Å². The lowest BCUT2D eigenvalue weighted by Gasteiger charge is -2.07. The Hall–Kier alpha value is -1.43. The second-order valence-electron chi connectivity index (χ2n) is 5.09. The van der Waals surface area contributed by atoms with E-state index in [2.05, 4.69) is 25.2 Å². The molecule has 0 fully saturated rings. The molecule has 2 aromatic rings. The van der Waals surface area contributed by atoms with Crippen molar-refractivity contribution in [1.29, 1.82) is 0 Å². The van der Waals surface area contributed by atoms with E-state index in [1.807, 2.05) is 18.2 Å². The Bertz CT molecular complexity index is 581. The fraction of sp³-hybridized carbons (Fsp3) is 0.438. The van der Waals surface area contributed by atoms with Crippen molar-refractivity contribution in [1.82, 2.24) is 10.3 Å². The van der Waals surface area contributed by atoms with Crippen molar-refractivity contribution in [3.05, 3.63) is 34.8 Å². The molecular weight excluding hydrogens is 284 g/mol. The van der Waals surface area contributed by atoms with Gasteiger partial charge in [-0.2, -0.15) is 0 Å². The van der Waals surface area contributed by atoms with Gasteiger partial charge in [-0.25, -0.2) is 4.98 Å². The minimum atomic E-state index is 0.447. The third-order valence-corrected chi connectivity index (χ3v) is 4.19. The van der Waals surface area contributed by atoms with Crippen LogP contribution in [0.4, 0.5) is 0 Å². The summed E-state index contributed by atoms with van der Waals surface area (Å²) in [5.41, 5.74) is 2.08. The summed E-state index contributed by atoms with van der Waals surface area (Å²) in [6.07, 6.45) is 0. The average molecular weight is 306 g/mol. The van der Waals surface area contributed by atoms with Gasteiger partial charge >= 0.3 is 0 Å². The number of hydrogen-bond donors (Lipinski definition) is 1. The molecule has 0 saturated heterocycles. The Morgan fingerprint density at radius 3 is 2.76 bits per heavy atom. The topological polar surface area (TPSA) is 43.4 Å². The van der Waals surface area contributed by atoms with Gasteiger partial charge in [-0.3, -0.25) is 0 Å². The normalized spacial score (nSPS) is 11.1. The summed E-state index contributed by atoms with van der Waals surface area (Å²) in [6.45, 7) is 5.63.